The molecule has 1 aliphatic heterocycles. The first-order valence-electron chi connectivity index (χ1n) is 6.53. The van der Waals surface area contributed by atoms with Gasteiger partial charge in [0.1, 0.15) is 5.37 Å². The number of anilines is 2. The minimum Gasteiger partial charge on any atom is -0.408 e. The summed E-state index contributed by atoms with van der Waals surface area (Å²) >= 11 is 13.7. The van der Waals surface area contributed by atoms with Crippen molar-refractivity contribution in [2.24, 2.45) is 5.73 Å². The molecule has 4 N–H and O–H groups in total. The first-order valence-corrected chi connectivity index (χ1v) is 8.16. The van der Waals surface area contributed by atoms with Crippen LogP contribution in [0.3, 0.4) is 0 Å². The highest BCUT2D eigenvalue weighted by atomic mass is 35.5. The predicted octanol–water partition coefficient (Wildman–Crippen LogP) is 3.20. The highest BCUT2D eigenvalue weighted by Gasteiger charge is 2.39. The largest absolute Gasteiger partial charge is 0.408 e. The maximum Gasteiger partial charge on any atom is 0.320 e. The summed E-state index contributed by atoms with van der Waals surface area (Å²) in [7, 11) is 0. The van der Waals surface area contributed by atoms with Gasteiger partial charge >= 0.3 is 6.03 Å². The van der Waals surface area contributed by atoms with E-state index in [0.29, 0.717) is 31.9 Å². The van der Waals surface area contributed by atoms with Gasteiger partial charge in [-0.15, -0.1) is 0 Å². The Morgan fingerprint density at radius 3 is 2.62 bits per heavy atom. The van der Waals surface area contributed by atoms with E-state index in [4.69, 9.17) is 39.4 Å². The lowest BCUT2D eigenvalue weighted by atomic mass is 10.1. The minimum absolute atomic E-state index is 0.0731. The van der Waals surface area contributed by atoms with Gasteiger partial charge in [-0.1, -0.05) is 35.0 Å². The summed E-state index contributed by atoms with van der Waals surface area (Å²) in [6.45, 7) is 0.258. The van der Waals surface area contributed by atoms with E-state index in [1.807, 2.05) is 0 Å². The van der Waals surface area contributed by atoms with Crippen molar-refractivity contribution < 1.29 is 14.3 Å². The van der Waals surface area contributed by atoms with Gasteiger partial charge in [-0.2, -0.15) is 0 Å². The number of hydrogen-bond donors (Lipinski definition) is 2. The molecule has 1 atom stereocenters. The summed E-state index contributed by atoms with van der Waals surface area (Å²) in [6.07, 6.45) is 1.41. The zero-order valence-electron chi connectivity index (χ0n) is 11.9. The molecule has 0 saturated heterocycles. The van der Waals surface area contributed by atoms with Crippen molar-refractivity contribution in [2.75, 3.05) is 10.6 Å². The average Bonchev–Trinajstić information content (AvgIpc) is 2.86. The van der Waals surface area contributed by atoms with Gasteiger partial charge in [0, 0.05) is 17.4 Å². The van der Waals surface area contributed by atoms with Crippen LogP contribution in [0.5, 0.6) is 5.88 Å². The van der Waals surface area contributed by atoms with Crippen molar-refractivity contribution in [3.05, 3.63) is 40.0 Å². The van der Waals surface area contributed by atoms with Crippen LogP contribution in [0.1, 0.15) is 10.9 Å². The van der Waals surface area contributed by atoms with E-state index in [1.54, 1.807) is 6.07 Å². The average molecular weight is 385 g/mol. The lowest BCUT2D eigenvalue weighted by Crippen LogP contribution is -2.35. The smallest absolute Gasteiger partial charge is 0.320 e. The molecule has 0 saturated carbocycles. The molecule has 1 aliphatic rings. The highest BCUT2D eigenvalue weighted by Crippen LogP contribution is 2.56. The molecular weight excluding hydrogens is 375 g/mol. The van der Waals surface area contributed by atoms with E-state index >= 15 is 0 Å². The van der Waals surface area contributed by atoms with E-state index in [0.717, 1.165) is 0 Å². The molecular formula is C14H10Cl2N4O3S. The Morgan fingerprint density at radius 2 is 2.04 bits per heavy atom. The lowest BCUT2D eigenvalue weighted by molar-refractivity contribution is -0.121. The van der Waals surface area contributed by atoms with Gasteiger partial charge in [0.05, 0.1) is 20.6 Å². The van der Waals surface area contributed by atoms with E-state index in [-0.39, 0.29) is 12.4 Å². The number of halogens is 2. The summed E-state index contributed by atoms with van der Waals surface area (Å²) in [5.74, 6) is 0.0731. The van der Waals surface area contributed by atoms with Crippen molar-refractivity contribution >= 4 is 58.8 Å². The number of aromatic nitrogens is 1. The summed E-state index contributed by atoms with van der Waals surface area (Å²) in [5.41, 5.74) is 12.6. The zero-order valence-corrected chi connectivity index (χ0v) is 14.2. The third kappa shape index (κ3) is 2.72. The van der Waals surface area contributed by atoms with Crippen LogP contribution in [0.15, 0.2) is 29.3 Å². The number of ether oxygens (including phenoxy) is 1. The quantitative estimate of drug-likeness (QED) is 0.620. The number of nitrogens with zero attached hydrogens (tertiary/aromatic N) is 2. The molecule has 0 radical (unpaired) electrons. The van der Waals surface area contributed by atoms with Gasteiger partial charge in [-0.05, 0) is 18.2 Å². The van der Waals surface area contributed by atoms with Crippen molar-refractivity contribution in [3.8, 4) is 5.88 Å². The number of rotatable bonds is 3. The number of urea groups is 1. The molecule has 24 heavy (non-hydrogen) atoms. The molecule has 1 aromatic carbocycles. The fourth-order valence-electron chi connectivity index (χ4n) is 2.40. The Labute approximate surface area is 150 Å². The summed E-state index contributed by atoms with van der Waals surface area (Å²) in [6, 6.07) is 3.95. The zero-order chi connectivity index (χ0) is 17.4. The molecule has 124 valence electrons. The number of thioether (sulfide) groups is 1. The molecule has 0 fully saturated rings. The van der Waals surface area contributed by atoms with Crippen LogP contribution < -0.4 is 21.1 Å². The Bertz CT molecular complexity index is 826. The van der Waals surface area contributed by atoms with E-state index in [9.17, 15) is 9.59 Å². The number of amides is 2. The summed E-state index contributed by atoms with van der Waals surface area (Å²) in [4.78, 5) is 28.4. The van der Waals surface area contributed by atoms with Gasteiger partial charge in [0.2, 0.25) is 5.88 Å². The van der Waals surface area contributed by atoms with Crippen LogP contribution in [0.4, 0.5) is 16.2 Å². The van der Waals surface area contributed by atoms with Gasteiger partial charge < -0.3 is 16.2 Å². The standard InChI is InChI=1S/C14H10Cl2N4O3S/c15-7-3-6(17)4-8(16)10(7)13-20(14(18)22)9-1-2-19-12(23-5-21)11(9)24-13/h1-5,13H,17H2,(H2,18,22). The first kappa shape index (κ1) is 16.7. The molecule has 7 nitrogen and oxygen atoms in total. The van der Waals surface area contributed by atoms with Gasteiger partial charge in [0.15, 0.2) is 0 Å². The second kappa shape index (κ2) is 6.39. The maximum atomic E-state index is 12.0. The van der Waals surface area contributed by atoms with Crippen molar-refractivity contribution in [1.29, 1.82) is 0 Å². The first-order chi connectivity index (χ1) is 11.4. The second-order valence-electron chi connectivity index (χ2n) is 4.76. The summed E-state index contributed by atoms with van der Waals surface area (Å²) < 4.78 is 4.86. The number of pyridine rings is 1. The molecule has 2 heterocycles. The lowest BCUT2D eigenvalue weighted by Gasteiger charge is -2.24. The number of benzene rings is 1. The van der Waals surface area contributed by atoms with Crippen molar-refractivity contribution in [3.63, 3.8) is 0 Å². The fourth-order valence-corrected chi connectivity index (χ4v) is 4.65. The van der Waals surface area contributed by atoms with Crippen LogP contribution in [-0.4, -0.2) is 17.5 Å². The van der Waals surface area contributed by atoms with E-state index in [2.05, 4.69) is 4.98 Å². The van der Waals surface area contributed by atoms with Crippen LogP contribution in [0.2, 0.25) is 10.0 Å². The maximum absolute atomic E-state index is 12.0. The van der Waals surface area contributed by atoms with Crippen molar-refractivity contribution in [1.82, 2.24) is 4.98 Å². The predicted molar refractivity (Wildman–Crippen MR) is 92.5 cm³/mol. The molecule has 0 spiro atoms. The number of nitrogen functional groups attached to an aromatic ring is 1. The fraction of sp³-hybridized carbons (Fsp3) is 0.0714. The van der Waals surface area contributed by atoms with Crippen LogP contribution >= 0.6 is 35.0 Å². The van der Waals surface area contributed by atoms with Crippen LogP contribution in [0.25, 0.3) is 0 Å². The SMILES string of the molecule is NC(=O)N1c2ccnc(OC=O)c2SC1c1c(Cl)cc(N)cc1Cl. The molecule has 2 amide bonds. The Balaban J connectivity index is 2.16. The number of carbonyl (C=O) groups is 2. The topological polar surface area (TPSA) is 112 Å². The molecule has 0 aliphatic carbocycles. The molecule has 3 rings (SSSR count). The number of primary amides is 1. The van der Waals surface area contributed by atoms with Crippen molar-refractivity contribution in [2.45, 2.75) is 10.3 Å². The number of hydrogen-bond acceptors (Lipinski definition) is 6. The molecule has 1 aromatic heterocycles. The number of carbonyl (C=O) groups excluding carboxylic acids is 2. The van der Waals surface area contributed by atoms with E-state index in [1.165, 1.54) is 35.0 Å². The Morgan fingerprint density at radius 1 is 1.38 bits per heavy atom. The summed E-state index contributed by atoms with van der Waals surface area (Å²) in [5, 5.41) is -0.0546. The van der Waals surface area contributed by atoms with Crippen LogP contribution in [-0.2, 0) is 4.79 Å². The second-order valence-corrected chi connectivity index (χ2v) is 6.66. The Kier molecular flexibility index (Phi) is 4.44. The third-order valence-corrected chi connectivity index (χ3v) is 5.23. The Hall–Kier alpha value is -2.16. The van der Waals surface area contributed by atoms with Gasteiger partial charge in [-0.25, -0.2) is 9.78 Å². The minimum atomic E-state index is -0.710. The third-order valence-electron chi connectivity index (χ3n) is 3.32. The van der Waals surface area contributed by atoms with E-state index < -0.39 is 11.4 Å². The van der Waals surface area contributed by atoms with Gasteiger partial charge in [0.25, 0.3) is 6.47 Å². The van der Waals surface area contributed by atoms with Crippen LogP contribution in [0, 0.1) is 0 Å². The molecule has 10 heteroatoms. The highest BCUT2D eigenvalue weighted by molar-refractivity contribution is 8.00. The monoisotopic (exact) mass is 384 g/mol. The number of fused-ring (bicyclic) bond motifs is 1. The molecule has 1 unspecified atom stereocenters. The van der Waals surface area contributed by atoms with Gasteiger partial charge in [-0.3, -0.25) is 9.69 Å². The molecule has 2 aromatic rings. The molecule has 0 bridgehead atoms. The normalized spacial score (nSPS) is 15.9. The number of nitrogens with two attached hydrogens (primary N) is 2.